The van der Waals surface area contributed by atoms with Gasteiger partial charge in [-0.05, 0) is 49.5 Å². The second-order valence-electron chi connectivity index (χ2n) is 4.83. The summed E-state index contributed by atoms with van der Waals surface area (Å²) in [6, 6.07) is 5.94. The smallest absolute Gasteiger partial charge is 0.178 e. The van der Waals surface area contributed by atoms with E-state index in [2.05, 4.69) is 27.8 Å². The molecule has 0 bridgehead atoms. The van der Waals surface area contributed by atoms with Gasteiger partial charge in [-0.3, -0.25) is 0 Å². The summed E-state index contributed by atoms with van der Waals surface area (Å²) in [7, 11) is 0. The molecule has 1 unspecified atom stereocenters. The van der Waals surface area contributed by atoms with Crippen LogP contribution >= 0.6 is 23.8 Å². The molecule has 0 amide bonds. The lowest BCUT2D eigenvalue weighted by Gasteiger charge is -2.18. The highest BCUT2D eigenvalue weighted by Gasteiger charge is 2.14. The van der Waals surface area contributed by atoms with Crippen molar-refractivity contribution in [2.24, 2.45) is 5.92 Å². The molecule has 1 N–H and O–H groups in total. The van der Waals surface area contributed by atoms with Gasteiger partial charge in [0.1, 0.15) is 0 Å². The second kappa shape index (κ2) is 4.90. The van der Waals surface area contributed by atoms with Crippen molar-refractivity contribution in [3.63, 3.8) is 0 Å². The number of halogens is 1. The molecule has 3 rings (SSSR count). The molecule has 1 aliphatic rings. The quantitative estimate of drug-likeness (QED) is 0.623. The first-order valence-electron chi connectivity index (χ1n) is 6.28. The molecule has 2 aromatic rings. The standard InChI is InChI=1S/C14H15ClN2S/c15-11-7-4-8-12-13(11)16-14(18)17(12)9-10-5-2-1-3-6-10/h1-2,4,7-8,10H,3,5-6,9H2,(H,16,18). The van der Waals surface area contributed by atoms with E-state index in [-0.39, 0.29) is 0 Å². The van der Waals surface area contributed by atoms with Gasteiger partial charge in [0.15, 0.2) is 4.77 Å². The molecule has 1 aliphatic carbocycles. The number of hydrogen-bond donors (Lipinski definition) is 1. The number of benzene rings is 1. The number of aromatic nitrogens is 2. The SMILES string of the molecule is S=c1[nH]c2c(Cl)cccc2n1CC1CC=CCC1. The van der Waals surface area contributed by atoms with Gasteiger partial charge in [0.05, 0.1) is 16.1 Å². The Kier molecular flexibility index (Phi) is 3.27. The second-order valence-corrected chi connectivity index (χ2v) is 5.62. The van der Waals surface area contributed by atoms with Crippen molar-refractivity contribution < 1.29 is 0 Å². The van der Waals surface area contributed by atoms with Gasteiger partial charge in [-0.15, -0.1) is 0 Å². The van der Waals surface area contributed by atoms with Crippen LogP contribution in [0.4, 0.5) is 0 Å². The van der Waals surface area contributed by atoms with Crippen molar-refractivity contribution in [2.75, 3.05) is 0 Å². The largest absolute Gasteiger partial charge is 0.329 e. The third-order valence-electron chi connectivity index (χ3n) is 3.58. The Morgan fingerprint density at radius 3 is 3.06 bits per heavy atom. The van der Waals surface area contributed by atoms with Crippen LogP contribution < -0.4 is 0 Å². The highest BCUT2D eigenvalue weighted by atomic mass is 35.5. The van der Waals surface area contributed by atoms with Crippen LogP contribution in [0.2, 0.25) is 5.02 Å². The number of nitrogens with zero attached hydrogens (tertiary/aromatic N) is 1. The average molecular weight is 279 g/mol. The van der Waals surface area contributed by atoms with Gasteiger partial charge < -0.3 is 9.55 Å². The van der Waals surface area contributed by atoms with Crippen LogP contribution in [0.5, 0.6) is 0 Å². The zero-order chi connectivity index (χ0) is 12.5. The molecule has 1 aromatic heterocycles. The lowest BCUT2D eigenvalue weighted by Crippen LogP contribution is -2.12. The number of imidazole rings is 1. The Balaban J connectivity index is 2.01. The number of nitrogens with one attached hydrogen (secondary N) is 1. The van der Waals surface area contributed by atoms with Crippen LogP contribution in [-0.4, -0.2) is 9.55 Å². The molecular weight excluding hydrogens is 264 g/mol. The fraction of sp³-hybridized carbons (Fsp3) is 0.357. The van der Waals surface area contributed by atoms with Crippen molar-refractivity contribution in [1.82, 2.24) is 9.55 Å². The molecule has 1 atom stereocenters. The molecular formula is C14H15ClN2S. The van der Waals surface area contributed by atoms with E-state index in [1.807, 2.05) is 12.1 Å². The molecule has 1 heterocycles. The predicted molar refractivity (Wildman–Crippen MR) is 78.6 cm³/mol. The molecule has 0 radical (unpaired) electrons. The van der Waals surface area contributed by atoms with Crippen LogP contribution in [0.15, 0.2) is 30.4 Å². The van der Waals surface area contributed by atoms with Crippen LogP contribution in [0.1, 0.15) is 19.3 Å². The maximum absolute atomic E-state index is 6.18. The topological polar surface area (TPSA) is 20.7 Å². The van der Waals surface area contributed by atoms with Crippen molar-refractivity contribution in [3.05, 3.63) is 40.1 Å². The third kappa shape index (κ3) is 2.13. The number of para-hydroxylation sites is 1. The maximum Gasteiger partial charge on any atom is 0.178 e. The summed E-state index contributed by atoms with van der Waals surface area (Å²) in [6.45, 7) is 0.976. The van der Waals surface area contributed by atoms with E-state index in [1.165, 1.54) is 12.8 Å². The monoisotopic (exact) mass is 278 g/mol. The van der Waals surface area contributed by atoms with E-state index in [0.717, 1.165) is 33.8 Å². The first-order valence-corrected chi connectivity index (χ1v) is 7.06. The van der Waals surface area contributed by atoms with Crippen LogP contribution in [-0.2, 0) is 6.54 Å². The minimum atomic E-state index is 0.680. The summed E-state index contributed by atoms with van der Waals surface area (Å²) in [5.41, 5.74) is 2.07. The van der Waals surface area contributed by atoms with Gasteiger partial charge in [0, 0.05) is 6.54 Å². The van der Waals surface area contributed by atoms with Crippen molar-refractivity contribution in [1.29, 1.82) is 0 Å². The highest BCUT2D eigenvalue weighted by Crippen LogP contribution is 2.26. The summed E-state index contributed by atoms with van der Waals surface area (Å²) < 4.78 is 2.95. The Labute approximate surface area is 116 Å². The molecule has 0 spiro atoms. The lowest BCUT2D eigenvalue weighted by atomic mass is 9.94. The molecule has 1 aromatic carbocycles. The first kappa shape index (κ1) is 12.0. The zero-order valence-corrected chi connectivity index (χ0v) is 11.6. The highest BCUT2D eigenvalue weighted by molar-refractivity contribution is 7.71. The Hall–Kier alpha value is -1.06. The Bertz CT molecular complexity index is 653. The van der Waals surface area contributed by atoms with Gasteiger partial charge >= 0.3 is 0 Å². The van der Waals surface area contributed by atoms with E-state index in [4.69, 9.17) is 23.8 Å². The first-order chi connectivity index (χ1) is 8.75. The predicted octanol–water partition coefficient (Wildman–Crippen LogP) is 4.71. The van der Waals surface area contributed by atoms with Crippen molar-refractivity contribution in [3.8, 4) is 0 Å². The maximum atomic E-state index is 6.18. The van der Waals surface area contributed by atoms with Gasteiger partial charge in [0.2, 0.25) is 0 Å². The molecule has 94 valence electrons. The molecule has 0 saturated carbocycles. The molecule has 4 heteroatoms. The van der Waals surface area contributed by atoms with Gasteiger partial charge in [-0.25, -0.2) is 0 Å². The minimum absolute atomic E-state index is 0.680. The van der Waals surface area contributed by atoms with Crippen LogP contribution in [0.25, 0.3) is 11.0 Å². The number of hydrogen-bond acceptors (Lipinski definition) is 1. The van der Waals surface area contributed by atoms with E-state index in [9.17, 15) is 0 Å². The van der Waals surface area contributed by atoms with Crippen molar-refractivity contribution >= 4 is 34.9 Å². The Morgan fingerprint density at radius 1 is 1.39 bits per heavy atom. The molecule has 0 saturated heterocycles. The zero-order valence-electron chi connectivity index (χ0n) is 10.0. The fourth-order valence-electron chi connectivity index (χ4n) is 2.61. The number of H-pyrrole nitrogens is 1. The van der Waals surface area contributed by atoms with Gasteiger partial charge in [-0.1, -0.05) is 29.8 Å². The minimum Gasteiger partial charge on any atom is -0.329 e. The van der Waals surface area contributed by atoms with Gasteiger partial charge in [0.25, 0.3) is 0 Å². The Morgan fingerprint density at radius 2 is 2.28 bits per heavy atom. The summed E-state index contributed by atoms with van der Waals surface area (Å²) in [4.78, 5) is 3.21. The summed E-state index contributed by atoms with van der Waals surface area (Å²) in [5.74, 6) is 0.680. The average Bonchev–Trinajstić information content (AvgIpc) is 2.70. The molecule has 0 aliphatic heterocycles. The molecule has 18 heavy (non-hydrogen) atoms. The van der Waals surface area contributed by atoms with E-state index in [0.29, 0.717) is 5.92 Å². The number of fused-ring (bicyclic) bond motifs is 1. The number of aromatic amines is 1. The van der Waals surface area contributed by atoms with Crippen LogP contribution in [0, 0.1) is 10.7 Å². The van der Waals surface area contributed by atoms with Crippen molar-refractivity contribution in [2.45, 2.75) is 25.8 Å². The lowest BCUT2D eigenvalue weighted by molar-refractivity contribution is 0.413. The third-order valence-corrected chi connectivity index (χ3v) is 4.22. The summed E-state index contributed by atoms with van der Waals surface area (Å²) in [5, 5.41) is 0.737. The van der Waals surface area contributed by atoms with Crippen LogP contribution in [0.3, 0.4) is 0 Å². The van der Waals surface area contributed by atoms with E-state index in [1.54, 1.807) is 0 Å². The summed E-state index contributed by atoms with van der Waals surface area (Å²) in [6.07, 6.45) is 8.11. The van der Waals surface area contributed by atoms with E-state index >= 15 is 0 Å². The fourth-order valence-corrected chi connectivity index (χ4v) is 3.10. The molecule has 2 nitrogen and oxygen atoms in total. The number of rotatable bonds is 2. The van der Waals surface area contributed by atoms with E-state index < -0.39 is 0 Å². The normalized spacial score (nSPS) is 19.5. The molecule has 0 fully saturated rings. The van der Waals surface area contributed by atoms with Gasteiger partial charge in [-0.2, -0.15) is 0 Å². The number of allylic oxidation sites excluding steroid dienone is 2. The summed E-state index contributed by atoms with van der Waals surface area (Å²) >= 11 is 11.6.